The van der Waals surface area contributed by atoms with Gasteiger partial charge in [0.25, 0.3) is 0 Å². The molecule has 1 saturated heterocycles. The molecule has 8 nitrogen and oxygen atoms in total. The molecule has 2 bridgehead atoms. The Labute approximate surface area is 323 Å². The molecule has 1 heterocycles. The highest BCUT2D eigenvalue weighted by molar-refractivity contribution is 6.90. The molecule has 0 aromatic heterocycles. The standard InChI is InChI=1S/C33H68BNO5Si3.C7H14O2/c1-30(2,3)27(29(36)37)25(39-43(16,17)31(4,5)6)19-18-20-26(35(41(10,11)12)42(13,14)15)34-38-28-24-21-23(32(24,7)8)22-33(28,9)40-34;1-2-3-4-5-6-7(8)9/h23-28H,18-22H2,1-17H3,(H,36,37);2-6H2,1H3,(H,8,9)/t23-,24+,25?,26-,27?,28-,33+;/m1./s1. The van der Waals surface area contributed by atoms with Crippen molar-refractivity contribution in [3.05, 3.63) is 0 Å². The number of carboxylic acids is 2. The number of rotatable bonds is 17. The summed E-state index contributed by atoms with van der Waals surface area (Å²) in [5.74, 6) is -0.568. The van der Waals surface area contributed by atoms with Gasteiger partial charge in [-0.2, -0.15) is 0 Å². The predicted molar refractivity (Wildman–Crippen MR) is 225 cm³/mol. The van der Waals surface area contributed by atoms with Gasteiger partial charge in [0.1, 0.15) is 16.5 Å². The van der Waals surface area contributed by atoms with Crippen molar-refractivity contribution in [3.63, 3.8) is 0 Å². The Bertz CT molecular complexity index is 1180. The maximum absolute atomic E-state index is 12.8. The van der Waals surface area contributed by atoms with Crippen LogP contribution in [0.5, 0.6) is 0 Å². The summed E-state index contributed by atoms with van der Waals surface area (Å²) in [6.07, 6.45) is 9.26. The maximum atomic E-state index is 12.8. The van der Waals surface area contributed by atoms with Crippen LogP contribution in [-0.4, -0.2) is 82.0 Å². The van der Waals surface area contributed by atoms with Gasteiger partial charge in [-0.25, -0.2) is 0 Å². The van der Waals surface area contributed by atoms with Crippen molar-refractivity contribution < 1.29 is 33.5 Å². The fraction of sp³-hybridized carbons (Fsp3) is 0.950. The molecule has 0 amide bonds. The van der Waals surface area contributed by atoms with Crippen LogP contribution >= 0.6 is 0 Å². The lowest BCUT2D eigenvalue weighted by Crippen LogP contribution is -2.67. The number of carboxylic acid groups (broad SMARTS) is 2. The highest BCUT2D eigenvalue weighted by Gasteiger charge is 2.68. The predicted octanol–water partition coefficient (Wildman–Crippen LogP) is 10.9. The van der Waals surface area contributed by atoms with Crippen LogP contribution in [0, 0.1) is 28.6 Å². The van der Waals surface area contributed by atoms with E-state index in [-0.39, 0.29) is 35.9 Å². The van der Waals surface area contributed by atoms with Gasteiger partial charge in [-0.15, -0.1) is 0 Å². The molecule has 4 rings (SSSR count). The summed E-state index contributed by atoms with van der Waals surface area (Å²) >= 11 is 0. The number of hydrogen-bond acceptors (Lipinski definition) is 6. The molecule has 0 aromatic carbocycles. The third-order valence-corrected chi connectivity index (χ3v) is 25.1. The highest BCUT2D eigenvalue weighted by atomic mass is 28.4. The van der Waals surface area contributed by atoms with Crippen molar-refractivity contribution in [2.24, 2.45) is 28.6 Å². The average molecular weight is 784 g/mol. The van der Waals surface area contributed by atoms with Crippen molar-refractivity contribution >= 4 is 43.8 Å². The first kappa shape index (κ1) is 47.6. The summed E-state index contributed by atoms with van der Waals surface area (Å²) in [7, 11) is -5.95. The van der Waals surface area contributed by atoms with Crippen molar-refractivity contribution in [1.82, 2.24) is 4.23 Å². The molecule has 304 valence electrons. The van der Waals surface area contributed by atoms with Gasteiger partial charge in [0.2, 0.25) is 0 Å². The van der Waals surface area contributed by atoms with Crippen LogP contribution in [0.3, 0.4) is 0 Å². The first-order valence-electron chi connectivity index (χ1n) is 20.6. The zero-order valence-electron chi connectivity index (χ0n) is 37.0. The van der Waals surface area contributed by atoms with Gasteiger partial charge in [-0.3, -0.25) is 9.59 Å². The topological polar surface area (TPSA) is 106 Å². The van der Waals surface area contributed by atoms with E-state index in [1.807, 2.05) is 20.8 Å². The Balaban J connectivity index is 0.000000916. The van der Waals surface area contributed by atoms with Crippen LogP contribution < -0.4 is 0 Å². The van der Waals surface area contributed by atoms with Crippen molar-refractivity contribution in [2.45, 2.75) is 215 Å². The first-order chi connectivity index (χ1) is 23.3. The number of nitrogens with zero attached hydrogens (tertiary/aromatic N) is 1. The van der Waals surface area contributed by atoms with Crippen molar-refractivity contribution in [3.8, 4) is 0 Å². The van der Waals surface area contributed by atoms with Gasteiger partial charge in [-0.1, -0.05) is 121 Å². The zero-order valence-corrected chi connectivity index (χ0v) is 40.0. The molecule has 1 aliphatic heterocycles. The largest absolute Gasteiger partial charge is 0.481 e. The second kappa shape index (κ2) is 17.3. The van der Waals surface area contributed by atoms with Crippen LogP contribution in [-0.2, 0) is 23.3 Å². The fourth-order valence-corrected chi connectivity index (χ4v) is 21.4. The van der Waals surface area contributed by atoms with Crippen LogP contribution in [0.2, 0.25) is 57.4 Å². The van der Waals surface area contributed by atoms with E-state index in [1.165, 1.54) is 12.8 Å². The molecule has 4 fully saturated rings. The average Bonchev–Trinajstić information content (AvgIpc) is 3.29. The molecule has 0 spiro atoms. The van der Waals surface area contributed by atoms with Crippen molar-refractivity contribution in [1.29, 1.82) is 0 Å². The summed E-state index contributed by atoms with van der Waals surface area (Å²) in [5, 5.41) is 18.7. The Morgan fingerprint density at radius 3 is 1.87 bits per heavy atom. The number of aliphatic carboxylic acids is 2. The summed E-state index contributed by atoms with van der Waals surface area (Å²) < 4.78 is 24.0. The molecule has 2 N–H and O–H groups in total. The van der Waals surface area contributed by atoms with Crippen LogP contribution in [0.25, 0.3) is 0 Å². The first-order valence-corrected chi connectivity index (χ1v) is 30.4. The molecule has 4 aliphatic rings. The zero-order chi connectivity index (χ0) is 40.5. The second-order valence-electron chi connectivity index (χ2n) is 21.9. The Hall–Kier alpha value is -0.504. The Kier molecular flexibility index (Phi) is 15.9. The molecule has 3 aliphatic carbocycles. The van der Waals surface area contributed by atoms with Gasteiger partial charge in [0, 0.05) is 12.4 Å². The molecule has 7 atom stereocenters. The van der Waals surface area contributed by atoms with E-state index >= 15 is 0 Å². The number of carbonyl (C=O) groups is 2. The van der Waals surface area contributed by atoms with Crippen LogP contribution in [0.15, 0.2) is 0 Å². The lowest BCUT2D eigenvalue weighted by molar-refractivity contribution is -0.185. The van der Waals surface area contributed by atoms with Gasteiger partial charge >= 0.3 is 19.1 Å². The van der Waals surface area contributed by atoms with E-state index in [0.29, 0.717) is 23.7 Å². The summed E-state index contributed by atoms with van der Waals surface area (Å²) in [6.45, 7) is 41.4. The molecule has 0 aromatic rings. The fourth-order valence-electron chi connectivity index (χ4n) is 9.46. The van der Waals surface area contributed by atoms with Crippen LogP contribution in [0.1, 0.15) is 133 Å². The summed E-state index contributed by atoms with van der Waals surface area (Å²) in [5.41, 5.74) is -0.302. The van der Waals surface area contributed by atoms with Gasteiger partial charge in [0.05, 0.1) is 23.7 Å². The minimum atomic E-state index is -2.20. The third kappa shape index (κ3) is 11.8. The lowest BCUT2D eigenvalue weighted by Gasteiger charge is -2.63. The highest BCUT2D eigenvalue weighted by Crippen LogP contribution is 2.65. The Morgan fingerprint density at radius 2 is 1.44 bits per heavy atom. The minimum absolute atomic E-state index is 0.00685. The van der Waals surface area contributed by atoms with Gasteiger partial charge in [-0.05, 0) is 86.2 Å². The van der Waals surface area contributed by atoms with Crippen molar-refractivity contribution in [2.75, 3.05) is 0 Å². The third-order valence-electron chi connectivity index (χ3n) is 13.0. The van der Waals surface area contributed by atoms with E-state index < -0.39 is 48.1 Å². The molecule has 0 radical (unpaired) electrons. The number of hydrogen-bond donors (Lipinski definition) is 2. The molecule has 52 heavy (non-hydrogen) atoms. The maximum Gasteiger partial charge on any atom is 0.474 e. The van der Waals surface area contributed by atoms with E-state index in [9.17, 15) is 14.7 Å². The van der Waals surface area contributed by atoms with Crippen LogP contribution in [0.4, 0.5) is 0 Å². The SMILES string of the molecule is CC(C)(C)C(C(=O)O)C(CCC[C@H](B1O[C@@H]2[C@@H]3C[C@H](C[C@]2(C)O1)C3(C)C)N([Si](C)(C)C)[Si](C)(C)C)O[Si](C)(C)C(C)(C)C.CCCCCCC(=O)O. The molecule has 12 heteroatoms. The van der Waals surface area contributed by atoms with E-state index in [1.54, 1.807) is 0 Å². The second-order valence-corrected chi connectivity index (χ2v) is 36.8. The lowest BCUT2D eigenvalue weighted by atomic mass is 9.45. The molecular weight excluding hydrogens is 702 g/mol. The van der Waals surface area contributed by atoms with E-state index in [2.05, 4.69) is 105 Å². The summed E-state index contributed by atoms with van der Waals surface area (Å²) in [6, 6.07) is 0. The molecule has 2 unspecified atom stereocenters. The normalized spacial score (nSPS) is 26.5. The Morgan fingerprint density at radius 1 is 0.885 bits per heavy atom. The summed E-state index contributed by atoms with van der Waals surface area (Å²) in [4.78, 5) is 22.7. The van der Waals surface area contributed by atoms with E-state index in [0.717, 1.165) is 44.9 Å². The smallest absolute Gasteiger partial charge is 0.474 e. The molecule has 3 saturated carbocycles. The minimum Gasteiger partial charge on any atom is -0.481 e. The quantitative estimate of drug-likeness (QED) is 0.111. The van der Waals surface area contributed by atoms with Gasteiger partial charge in [0.15, 0.2) is 8.32 Å². The van der Waals surface area contributed by atoms with E-state index in [4.69, 9.17) is 18.8 Å². The number of unbranched alkanes of at least 4 members (excludes halogenated alkanes) is 3. The molecular formula is C40H82BNO7Si3. The van der Waals surface area contributed by atoms with Gasteiger partial charge < -0.3 is 28.2 Å². The monoisotopic (exact) mass is 784 g/mol.